The Morgan fingerprint density at radius 3 is 2.66 bits per heavy atom. The first-order valence-corrected chi connectivity index (χ1v) is 15.7. The Hall–Kier alpha value is -2.11. The lowest BCUT2D eigenvalue weighted by molar-refractivity contribution is -0.118. The van der Waals surface area contributed by atoms with Crippen molar-refractivity contribution < 1.29 is 17.6 Å². The van der Waals surface area contributed by atoms with Crippen LogP contribution in [0.3, 0.4) is 0 Å². The number of sulfonamides is 1. The normalized spacial score (nSPS) is 15.3. The summed E-state index contributed by atoms with van der Waals surface area (Å²) in [5.74, 6) is 0.194. The lowest BCUT2D eigenvalue weighted by Crippen LogP contribution is -2.35. The molecule has 0 radical (unpaired) electrons. The standard InChI is InChI=1S/C26H30Cl2N4O4S2/c1-2-7-19(22-11-10-20(27)15-23(22)28)16-29-24(33)17-37-26-31-30-25(36-26)18-8-6-9-21(14-18)38(34,35)32-12-4-3-5-13-32/h6,8-11,14-15,19H,2-5,7,12-13,16-17H2,1H3,(H,29,33). The smallest absolute Gasteiger partial charge is 0.277 e. The predicted molar refractivity (Wildman–Crippen MR) is 150 cm³/mol. The topological polar surface area (TPSA) is 105 Å². The minimum atomic E-state index is -3.58. The molecular weight excluding hydrogens is 567 g/mol. The molecule has 204 valence electrons. The number of benzene rings is 2. The fraction of sp³-hybridized carbons (Fsp3) is 0.423. The highest BCUT2D eigenvalue weighted by atomic mass is 35.5. The van der Waals surface area contributed by atoms with Crippen molar-refractivity contribution in [3.05, 3.63) is 58.1 Å². The molecule has 1 aliphatic rings. The van der Waals surface area contributed by atoms with Gasteiger partial charge < -0.3 is 9.73 Å². The minimum absolute atomic E-state index is 0.0715. The fourth-order valence-electron chi connectivity index (χ4n) is 4.39. The highest BCUT2D eigenvalue weighted by molar-refractivity contribution is 7.99. The summed E-state index contributed by atoms with van der Waals surface area (Å²) in [5, 5.41) is 12.4. The van der Waals surface area contributed by atoms with Gasteiger partial charge in [-0.25, -0.2) is 8.42 Å². The van der Waals surface area contributed by atoms with E-state index in [2.05, 4.69) is 22.4 Å². The van der Waals surface area contributed by atoms with Crippen LogP contribution in [0.15, 0.2) is 57.0 Å². The Morgan fingerprint density at radius 1 is 1.13 bits per heavy atom. The van der Waals surface area contributed by atoms with Crippen LogP contribution in [0, 0.1) is 0 Å². The van der Waals surface area contributed by atoms with Gasteiger partial charge in [0.25, 0.3) is 5.22 Å². The summed E-state index contributed by atoms with van der Waals surface area (Å²) in [5.41, 5.74) is 1.46. The number of rotatable bonds is 11. The van der Waals surface area contributed by atoms with E-state index in [0.29, 0.717) is 35.2 Å². The number of nitrogens with one attached hydrogen (secondary N) is 1. The quantitative estimate of drug-likeness (QED) is 0.270. The molecule has 2 aromatic carbocycles. The second kappa shape index (κ2) is 13.3. The molecule has 1 aromatic heterocycles. The molecule has 0 aliphatic carbocycles. The predicted octanol–water partition coefficient (Wildman–Crippen LogP) is 6.01. The van der Waals surface area contributed by atoms with Gasteiger partial charge in [0.15, 0.2) is 0 Å². The van der Waals surface area contributed by atoms with E-state index in [1.54, 1.807) is 36.4 Å². The third kappa shape index (κ3) is 7.30. The molecule has 3 aromatic rings. The van der Waals surface area contributed by atoms with Gasteiger partial charge in [-0.1, -0.05) is 66.9 Å². The van der Waals surface area contributed by atoms with E-state index in [1.165, 1.54) is 4.31 Å². The van der Waals surface area contributed by atoms with Crippen molar-refractivity contribution >= 4 is 50.9 Å². The Morgan fingerprint density at radius 2 is 1.92 bits per heavy atom. The van der Waals surface area contributed by atoms with E-state index in [1.807, 2.05) is 6.07 Å². The molecular formula is C26H30Cl2N4O4S2. The summed E-state index contributed by atoms with van der Waals surface area (Å²) < 4.78 is 33.3. The van der Waals surface area contributed by atoms with Gasteiger partial charge in [0.2, 0.25) is 21.8 Å². The zero-order valence-corrected chi connectivity index (χ0v) is 24.2. The molecule has 2 heterocycles. The van der Waals surface area contributed by atoms with Crippen LogP contribution < -0.4 is 5.32 Å². The SMILES string of the molecule is CCCC(CNC(=O)CSc1nnc(-c2cccc(S(=O)(=O)N3CCCCC3)c2)o1)c1ccc(Cl)cc1Cl. The van der Waals surface area contributed by atoms with Crippen molar-refractivity contribution in [3.63, 3.8) is 0 Å². The van der Waals surface area contributed by atoms with E-state index in [4.69, 9.17) is 27.6 Å². The summed E-state index contributed by atoms with van der Waals surface area (Å²) in [6.45, 7) is 3.59. The number of thioether (sulfide) groups is 1. The zero-order valence-electron chi connectivity index (χ0n) is 21.0. The van der Waals surface area contributed by atoms with Crippen molar-refractivity contribution in [2.75, 3.05) is 25.4 Å². The molecule has 4 rings (SSSR count). The molecule has 12 heteroatoms. The Labute approximate surface area is 237 Å². The van der Waals surface area contributed by atoms with Crippen molar-refractivity contribution in [2.24, 2.45) is 0 Å². The van der Waals surface area contributed by atoms with Gasteiger partial charge in [-0.05, 0) is 55.2 Å². The first-order chi connectivity index (χ1) is 18.3. The Balaban J connectivity index is 1.34. The van der Waals surface area contributed by atoms with Gasteiger partial charge in [0, 0.05) is 41.2 Å². The molecule has 0 saturated carbocycles. The van der Waals surface area contributed by atoms with Crippen LogP contribution in [0.5, 0.6) is 0 Å². The zero-order chi connectivity index (χ0) is 27.1. The largest absolute Gasteiger partial charge is 0.411 e. The minimum Gasteiger partial charge on any atom is -0.411 e. The highest BCUT2D eigenvalue weighted by Gasteiger charge is 2.26. The number of carbonyl (C=O) groups excluding carboxylic acids is 1. The number of piperidine rings is 1. The van der Waals surface area contributed by atoms with Gasteiger partial charge in [0.05, 0.1) is 10.6 Å². The number of carbonyl (C=O) groups is 1. The van der Waals surface area contributed by atoms with Crippen LogP contribution in [0.25, 0.3) is 11.5 Å². The molecule has 0 bridgehead atoms. The summed E-state index contributed by atoms with van der Waals surface area (Å²) in [6.07, 6.45) is 4.59. The van der Waals surface area contributed by atoms with Crippen molar-refractivity contribution in [2.45, 2.75) is 55.1 Å². The Kier molecular flexibility index (Phi) is 10.1. The monoisotopic (exact) mass is 596 g/mol. The number of hydrogen-bond donors (Lipinski definition) is 1. The molecule has 1 amide bonds. The number of aromatic nitrogens is 2. The van der Waals surface area contributed by atoms with Crippen molar-refractivity contribution in [3.8, 4) is 11.5 Å². The van der Waals surface area contributed by atoms with Gasteiger partial charge in [-0.3, -0.25) is 4.79 Å². The summed E-state index contributed by atoms with van der Waals surface area (Å²) in [6, 6.07) is 11.9. The number of halogens is 2. The van der Waals surface area contributed by atoms with Crippen molar-refractivity contribution in [1.82, 2.24) is 19.8 Å². The maximum atomic E-state index is 13.0. The molecule has 8 nitrogen and oxygen atoms in total. The average Bonchev–Trinajstić information content (AvgIpc) is 3.40. The number of nitrogens with zero attached hydrogens (tertiary/aromatic N) is 3. The van der Waals surface area contributed by atoms with E-state index in [9.17, 15) is 13.2 Å². The molecule has 1 atom stereocenters. The summed E-state index contributed by atoms with van der Waals surface area (Å²) in [4.78, 5) is 12.7. The van der Waals surface area contributed by atoms with E-state index in [-0.39, 0.29) is 33.6 Å². The van der Waals surface area contributed by atoms with Crippen LogP contribution >= 0.6 is 35.0 Å². The number of hydrogen-bond acceptors (Lipinski definition) is 7. The molecule has 1 fully saturated rings. The maximum Gasteiger partial charge on any atom is 0.277 e. The fourth-order valence-corrected chi connectivity index (χ4v) is 7.11. The molecule has 1 saturated heterocycles. The van der Waals surface area contributed by atoms with Crippen LogP contribution in [0.1, 0.15) is 50.5 Å². The summed E-state index contributed by atoms with van der Waals surface area (Å²) >= 11 is 13.5. The van der Waals surface area contributed by atoms with Crippen molar-refractivity contribution in [1.29, 1.82) is 0 Å². The lowest BCUT2D eigenvalue weighted by atomic mass is 9.94. The maximum absolute atomic E-state index is 13.0. The van der Waals surface area contributed by atoms with E-state index >= 15 is 0 Å². The van der Waals surface area contributed by atoms with Crippen LogP contribution in [-0.4, -0.2) is 54.2 Å². The van der Waals surface area contributed by atoms with Gasteiger partial charge in [0.1, 0.15) is 0 Å². The second-order valence-electron chi connectivity index (χ2n) is 9.11. The summed E-state index contributed by atoms with van der Waals surface area (Å²) in [7, 11) is -3.58. The van der Waals surface area contributed by atoms with Crippen LogP contribution in [0.2, 0.25) is 10.0 Å². The Bertz CT molecular complexity index is 1360. The molecule has 1 unspecified atom stereocenters. The molecule has 0 spiro atoms. The van der Waals surface area contributed by atoms with E-state index in [0.717, 1.165) is 49.4 Å². The second-order valence-corrected chi connectivity index (χ2v) is 12.8. The van der Waals surface area contributed by atoms with Crippen LogP contribution in [-0.2, 0) is 14.8 Å². The first kappa shape index (κ1) is 28.9. The van der Waals surface area contributed by atoms with E-state index < -0.39 is 10.0 Å². The molecule has 1 N–H and O–H groups in total. The van der Waals surface area contributed by atoms with Gasteiger partial charge in [-0.15, -0.1) is 10.2 Å². The first-order valence-electron chi connectivity index (χ1n) is 12.6. The molecule has 38 heavy (non-hydrogen) atoms. The highest BCUT2D eigenvalue weighted by Crippen LogP contribution is 2.31. The number of amides is 1. The average molecular weight is 598 g/mol. The third-order valence-electron chi connectivity index (χ3n) is 6.35. The molecule has 1 aliphatic heterocycles. The lowest BCUT2D eigenvalue weighted by Gasteiger charge is -2.25. The third-order valence-corrected chi connectivity index (χ3v) is 9.63. The van der Waals surface area contributed by atoms with Gasteiger partial charge >= 0.3 is 0 Å². The van der Waals surface area contributed by atoms with Gasteiger partial charge in [-0.2, -0.15) is 4.31 Å². The van der Waals surface area contributed by atoms with Crippen LogP contribution in [0.4, 0.5) is 0 Å².